The summed E-state index contributed by atoms with van der Waals surface area (Å²) in [7, 11) is 0. The van der Waals surface area contributed by atoms with Crippen LogP contribution in [-0.2, 0) is 40.0 Å². The predicted molar refractivity (Wildman–Crippen MR) is 180 cm³/mol. The number of hydrogen-bond acceptors (Lipinski definition) is 9. The number of benzene rings is 1. The van der Waals surface area contributed by atoms with Crippen LogP contribution in [0.3, 0.4) is 0 Å². The van der Waals surface area contributed by atoms with Crippen LogP contribution in [0.4, 0.5) is 4.39 Å². The number of carbonyl (C=O) groups is 7. The Labute approximate surface area is 290 Å². The number of nitrogens with one attached hydrogen (secondary N) is 4. The maximum absolute atomic E-state index is 13.7. The van der Waals surface area contributed by atoms with Crippen molar-refractivity contribution >= 4 is 41.4 Å². The Morgan fingerprint density at radius 3 is 1.74 bits per heavy atom. The van der Waals surface area contributed by atoms with Crippen molar-refractivity contribution in [1.82, 2.24) is 26.2 Å². The maximum Gasteiger partial charge on any atom is 0.246 e. The Morgan fingerprint density at radius 2 is 1.28 bits per heavy atom. The van der Waals surface area contributed by atoms with Crippen molar-refractivity contribution in [2.75, 3.05) is 13.2 Å². The summed E-state index contributed by atoms with van der Waals surface area (Å²) in [6, 6.07) is -2.15. The van der Waals surface area contributed by atoms with Crippen molar-refractivity contribution in [3.05, 3.63) is 35.6 Å². The molecule has 11 N–H and O–H groups in total. The second-order valence-corrected chi connectivity index (χ2v) is 13.4. The van der Waals surface area contributed by atoms with Crippen molar-refractivity contribution in [3.8, 4) is 0 Å². The number of aliphatic hydroxyl groups excluding tert-OH is 1. The van der Waals surface area contributed by atoms with Crippen molar-refractivity contribution < 1.29 is 43.1 Å². The molecule has 7 amide bonds. The summed E-state index contributed by atoms with van der Waals surface area (Å²) in [5, 5.41) is 19.6. The van der Waals surface area contributed by atoms with Gasteiger partial charge in [-0.2, -0.15) is 0 Å². The minimum absolute atomic E-state index is 0.104. The van der Waals surface area contributed by atoms with Gasteiger partial charge in [-0.3, -0.25) is 33.6 Å². The predicted octanol–water partition coefficient (Wildman–Crippen LogP) is -1.93. The topological polar surface area (TPSA) is 269 Å². The zero-order valence-electron chi connectivity index (χ0n) is 28.9. The molecule has 6 atom stereocenters. The molecule has 50 heavy (non-hydrogen) atoms. The molecule has 1 aliphatic heterocycles. The highest BCUT2D eigenvalue weighted by atomic mass is 19.1. The molecule has 1 saturated heterocycles. The van der Waals surface area contributed by atoms with Crippen LogP contribution < -0.4 is 38.5 Å². The smallest absolute Gasteiger partial charge is 0.246 e. The van der Waals surface area contributed by atoms with Gasteiger partial charge in [0.25, 0.3) is 0 Å². The number of aliphatic hydroxyl groups is 1. The Morgan fingerprint density at radius 1 is 0.800 bits per heavy atom. The fourth-order valence-electron chi connectivity index (χ4n) is 5.58. The van der Waals surface area contributed by atoms with E-state index >= 15 is 0 Å². The Hall–Kier alpha value is -4.64. The number of nitrogens with zero attached hydrogens (tertiary/aromatic N) is 1. The molecule has 0 saturated carbocycles. The van der Waals surface area contributed by atoms with E-state index in [0.29, 0.717) is 18.4 Å². The molecule has 0 aromatic heterocycles. The molecule has 0 bridgehead atoms. The summed E-state index contributed by atoms with van der Waals surface area (Å²) < 4.78 is 13.5. The van der Waals surface area contributed by atoms with Gasteiger partial charge in [-0.05, 0) is 55.2 Å². The first kappa shape index (κ1) is 41.5. The number of halogens is 1. The maximum atomic E-state index is 13.7. The Balaban J connectivity index is 2.31. The normalized spacial score (nSPS) is 17.3. The molecular weight excluding hydrogens is 655 g/mol. The zero-order valence-corrected chi connectivity index (χ0v) is 28.9. The summed E-state index contributed by atoms with van der Waals surface area (Å²) in [6.45, 7) is 6.71. The second-order valence-electron chi connectivity index (χ2n) is 13.4. The fraction of sp³-hybridized carbons (Fsp3) is 0.606. The van der Waals surface area contributed by atoms with Gasteiger partial charge >= 0.3 is 0 Å². The molecule has 16 nitrogen and oxygen atoms in total. The van der Waals surface area contributed by atoms with E-state index in [0.717, 1.165) is 0 Å². The molecular formula is C33H51FN8O8. The molecule has 0 aliphatic carbocycles. The van der Waals surface area contributed by atoms with Gasteiger partial charge in [0.05, 0.1) is 13.0 Å². The summed E-state index contributed by atoms with van der Waals surface area (Å²) in [5.41, 5.74) is 17.0. The number of nitrogens with two attached hydrogens (primary N) is 3. The fourth-order valence-corrected chi connectivity index (χ4v) is 5.58. The minimum atomic E-state index is -1.43. The van der Waals surface area contributed by atoms with E-state index in [9.17, 15) is 43.1 Å². The lowest BCUT2D eigenvalue weighted by molar-refractivity contribution is -0.142. The summed E-state index contributed by atoms with van der Waals surface area (Å²) in [5.74, 6) is -6.24. The van der Waals surface area contributed by atoms with Gasteiger partial charge in [-0.25, -0.2) is 4.39 Å². The highest BCUT2D eigenvalue weighted by Crippen LogP contribution is 2.19. The average Bonchev–Trinajstić information content (AvgIpc) is 3.53. The number of primary amides is 2. The first-order valence-corrected chi connectivity index (χ1v) is 16.6. The lowest BCUT2D eigenvalue weighted by atomic mass is 9.98. The number of rotatable bonds is 19. The van der Waals surface area contributed by atoms with Gasteiger partial charge < -0.3 is 48.5 Å². The van der Waals surface area contributed by atoms with Gasteiger partial charge in [0, 0.05) is 13.0 Å². The molecule has 1 heterocycles. The second kappa shape index (κ2) is 19.5. The molecule has 0 spiro atoms. The molecule has 278 valence electrons. The van der Waals surface area contributed by atoms with Gasteiger partial charge in [0.2, 0.25) is 41.4 Å². The van der Waals surface area contributed by atoms with Crippen LogP contribution in [0.1, 0.15) is 65.4 Å². The molecule has 2 rings (SSSR count). The monoisotopic (exact) mass is 706 g/mol. The van der Waals surface area contributed by atoms with Gasteiger partial charge in [-0.1, -0.05) is 39.8 Å². The lowest BCUT2D eigenvalue weighted by Gasteiger charge is -2.30. The van der Waals surface area contributed by atoms with Crippen LogP contribution in [0.25, 0.3) is 0 Å². The van der Waals surface area contributed by atoms with Gasteiger partial charge in [0.1, 0.15) is 42.1 Å². The molecule has 0 radical (unpaired) electrons. The van der Waals surface area contributed by atoms with E-state index < -0.39 is 96.4 Å². The van der Waals surface area contributed by atoms with Crippen molar-refractivity contribution in [2.45, 2.75) is 102 Å². The van der Waals surface area contributed by atoms with E-state index in [1.165, 1.54) is 29.2 Å². The quantitative estimate of drug-likeness (QED) is 0.0795. The van der Waals surface area contributed by atoms with E-state index in [1.807, 2.05) is 0 Å². The SMILES string of the molecule is CC(C)C[C@H](NC(=O)[C@H](Cc1ccc(F)cc1)NC(=O)[C@@H](N)CO)C(=O)N[C@@H](CC(C)C)C(=O)N[C@@H](CC(N)=O)C(=O)N1CCC[C@H]1C(N)=O. The molecule has 1 aromatic carbocycles. The van der Waals surface area contributed by atoms with Crippen LogP contribution in [0, 0.1) is 17.7 Å². The van der Waals surface area contributed by atoms with Crippen LogP contribution >= 0.6 is 0 Å². The summed E-state index contributed by atoms with van der Waals surface area (Å²) in [4.78, 5) is 91.9. The van der Waals surface area contributed by atoms with E-state index in [2.05, 4.69) is 21.3 Å². The third-order valence-electron chi connectivity index (χ3n) is 8.08. The largest absolute Gasteiger partial charge is 0.394 e. The first-order chi connectivity index (χ1) is 23.4. The molecule has 1 fully saturated rings. The molecule has 1 aliphatic rings. The van der Waals surface area contributed by atoms with E-state index in [-0.39, 0.29) is 37.6 Å². The Bertz CT molecular complexity index is 1380. The number of likely N-dealkylation sites (tertiary alicyclic amines) is 1. The van der Waals surface area contributed by atoms with E-state index in [1.54, 1.807) is 27.7 Å². The van der Waals surface area contributed by atoms with Gasteiger partial charge in [-0.15, -0.1) is 0 Å². The lowest BCUT2D eigenvalue weighted by Crippen LogP contribution is -2.60. The average molecular weight is 707 g/mol. The number of amides is 7. The zero-order chi connectivity index (χ0) is 37.7. The van der Waals surface area contributed by atoms with Crippen LogP contribution in [0.5, 0.6) is 0 Å². The first-order valence-electron chi connectivity index (χ1n) is 16.6. The third kappa shape index (κ3) is 13.0. The van der Waals surface area contributed by atoms with Crippen LogP contribution in [0.2, 0.25) is 0 Å². The molecule has 17 heteroatoms. The summed E-state index contributed by atoms with van der Waals surface area (Å²) in [6.07, 6.45) is 0.375. The molecule has 0 unspecified atom stereocenters. The molecule has 1 aromatic rings. The van der Waals surface area contributed by atoms with Gasteiger partial charge in [0.15, 0.2) is 0 Å². The van der Waals surface area contributed by atoms with Crippen molar-refractivity contribution in [3.63, 3.8) is 0 Å². The van der Waals surface area contributed by atoms with Crippen molar-refractivity contribution in [1.29, 1.82) is 0 Å². The highest BCUT2D eigenvalue weighted by molar-refractivity contribution is 5.98. The standard InChI is InChI=1S/C33H51FN8O8/c1-17(2)12-22(40-32(49)24(38-29(46)21(35)16-43)14-19-7-9-20(34)10-8-19)30(47)39-23(13-18(3)4)31(48)41-25(15-27(36)44)33(50)42-11-5-6-26(42)28(37)45/h7-10,17-18,21-26,43H,5-6,11-16,35H2,1-4H3,(H2,36,44)(H2,37,45)(H,38,46)(H,39,47)(H,40,49)(H,41,48)/t21-,22-,23-,24-,25-,26-/m0/s1. The number of carbonyl (C=O) groups excluding carboxylic acids is 7. The minimum Gasteiger partial charge on any atom is -0.394 e. The van der Waals surface area contributed by atoms with Crippen LogP contribution in [-0.4, -0.2) is 101 Å². The van der Waals surface area contributed by atoms with Crippen molar-refractivity contribution in [2.24, 2.45) is 29.0 Å². The summed E-state index contributed by atoms with van der Waals surface area (Å²) >= 11 is 0. The van der Waals surface area contributed by atoms with E-state index in [4.69, 9.17) is 17.2 Å². The van der Waals surface area contributed by atoms with Crippen LogP contribution in [0.15, 0.2) is 24.3 Å². The Kier molecular flexibility index (Phi) is 16.2. The number of hydrogen-bond donors (Lipinski definition) is 8. The highest BCUT2D eigenvalue weighted by Gasteiger charge is 2.38. The third-order valence-corrected chi connectivity index (χ3v) is 8.08.